The first-order valence-electron chi connectivity index (χ1n) is 18.0. The Hall–Kier alpha value is -4.33. The number of esters is 1. The normalized spacial score (nSPS) is 11.8. The molecular weight excluding hydrogens is 641 g/mol. The number of carboxylic acids is 1. The van der Waals surface area contributed by atoms with Crippen LogP contribution in [-0.4, -0.2) is 35.9 Å². The Labute approximate surface area is 294 Å². The van der Waals surface area contributed by atoms with E-state index in [1.807, 2.05) is 6.92 Å². The van der Waals surface area contributed by atoms with Crippen LogP contribution in [0, 0.1) is 0 Å². The van der Waals surface area contributed by atoms with Crippen molar-refractivity contribution in [2.75, 3.05) is 6.61 Å². The summed E-state index contributed by atoms with van der Waals surface area (Å²) in [4.78, 5) is 23.1. The van der Waals surface area contributed by atoms with Gasteiger partial charge in [-0.3, -0.25) is 0 Å². The van der Waals surface area contributed by atoms with Crippen molar-refractivity contribution in [2.45, 2.75) is 110 Å². The van der Waals surface area contributed by atoms with E-state index in [-0.39, 0.29) is 17.5 Å². The van der Waals surface area contributed by atoms with Crippen LogP contribution in [0.15, 0.2) is 91.0 Å². The van der Waals surface area contributed by atoms with Crippen LogP contribution in [0.3, 0.4) is 0 Å². The molecular formula is C42H51F3O5. The predicted molar refractivity (Wildman–Crippen MR) is 195 cm³/mol. The van der Waals surface area contributed by atoms with Gasteiger partial charge >= 0.3 is 18.1 Å². The first kappa shape index (κ1) is 40.1. The van der Waals surface area contributed by atoms with Crippen LogP contribution in [0.4, 0.5) is 13.2 Å². The average molecular weight is 693 g/mol. The van der Waals surface area contributed by atoms with Crippen LogP contribution in [0.1, 0.15) is 118 Å². The third-order valence-corrected chi connectivity index (χ3v) is 8.51. The van der Waals surface area contributed by atoms with Crippen molar-refractivity contribution in [1.82, 2.24) is 0 Å². The smallest absolute Gasteiger partial charge is 0.425 e. The summed E-state index contributed by atoms with van der Waals surface area (Å²) in [6, 6.07) is 26.9. The number of unbranched alkanes of at least 4 members (excludes halogenated alkanes) is 10. The zero-order valence-corrected chi connectivity index (χ0v) is 29.4. The van der Waals surface area contributed by atoms with Gasteiger partial charge < -0.3 is 14.6 Å². The number of carbonyl (C=O) groups is 2. The molecule has 0 spiro atoms. The highest BCUT2D eigenvalue weighted by atomic mass is 19.4. The lowest BCUT2D eigenvalue weighted by molar-refractivity contribution is -0.206. The Morgan fingerprint density at radius 1 is 0.640 bits per heavy atom. The number of alkyl halides is 3. The number of fused-ring (bicyclic) bond motifs is 1. The second-order valence-electron chi connectivity index (χ2n) is 12.6. The van der Waals surface area contributed by atoms with E-state index in [1.165, 1.54) is 86.4 Å². The van der Waals surface area contributed by atoms with Crippen molar-refractivity contribution in [3.63, 3.8) is 0 Å². The van der Waals surface area contributed by atoms with E-state index in [1.54, 1.807) is 24.3 Å². The van der Waals surface area contributed by atoms with Gasteiger partial charge in [-0.25, -0.2) is 9.59 Å². The molecule has 0 aliphatic rings. The minimum Gasteiger partial charge on any atom is -0.494 e. The van der Waals surface area contributed by atoms with Gasteiger partial charge in [0.15, 0.2) is 6.10 Å². The third kappa shape index (κ3) is 14.3. The Kier molecular flexibility index (Phi) is 17.4. The lowest BCUT2D eigenvalue weighted by atomic mass is 10.0. The molecule has 0 aliphatic carbocycles. The number of rotatable bonds is 19. The maximum Gasteiger partial charge on any atom is 0.425 e. The fourth-order valence-electron chi connectivity index (χ4n) is 5.53. The molecule has 1 unspecified atom stereocenters. The maximum absolute atomic E-state index is 13.2. The lowest BCUT2D eigenvalue weighted by Gasteiger charge is -2.20. The summed E-state index contributed by atoms with van der Waals surface area (Å²) >= 11 is 0. The molecule has 0 radical (unpaired) electrons. The van der Waals surface area contributed by atoms with Crippen molar-refractivity contribution in [3.8, 4) is 16.9 Å². The molecule has 8 heteroatoms. The number of ether oxygens (including phenoxy) is 2. The highest BCUT2D eigenvalue weighted by Gasteiger charge is 2.42. The van der Waals surface area contributed by atoms with Gasteiger partial charge in [-0.2, -0.15) is 13.2 Å². The van der Waals surface area contributed by atoms with Crippen LogP contribution < -0.4 is 4.74 Å². The number of carboxylic acid groups (broad SMARTS) is 1. The average Bonchev–Trinajstić information content (AvgIpc) is 3.12. The third-order valence-electron chi connectivity index (χ3n) is 8.51. The zero-order valence-electron chi connectivity index (χ0n) is 29.4. The summed E-state index contributed by atoms with van der Waals surface area (Å²) in [5, 5.41) is 11.5. The number of carbonyl (C=O) groups excluding carboxylic acids is 1. The van der Waals surface area contributed by atoms with Crippen molar-refractivity contribution >= 4 is 22.7 Å². The Morgan fingerprint density at radius 2 is 1.16 bits per heavy atom. The van der Waals surface area contributed by atoms with Gasteiger partial charge in [0.1, 0.15) is 5.75 Å². The van der Waals surface area contributed by atoms with E-state index >= 15 is 0 Å². The van der Waals surface area contributed by atoms with Gasteiger partial charge in [0, 0.05) is 0 Å². The molecule has 0 fully saturated rings. The van der Waals surface area contributed by atoms with Crippen molar-refractivity contribution in [1.29, 1.82) is 0 Å². The predicted octanol–water partition coefficient (Wildman–Crippen LogP) is 12.5. The largest absolute Gasteiger partial charge is 0.494 e. The standard InChI is InChI=1S/C22H23F3O4.C20H28O/c1-2-3-4-5-6-19(22(23,24)25)29-21(28)18-13-9-16(10-14-18)15-7-11-17(12-8-15)20(26)27;1-2-3-4-5-6-7-8-11-16-21-20-15-14-18-12-9-10-13-19(18)17-20/h7-14,19H,2-6H2,1H3,(H,26,27);9-10,12-15,17H,2-8,11,16H2,1H3. The summed E-state index contributed by atoms with van der Waals surface area (Å²) < 4.78 is 50.1. The zero-order chi connectivity index (χ0) is 36.2. The van der Waals surface area contributed by atoms with Gasteiger partial charge in [-0.05, 0) is 77.6 Å². The Bertz CT molecular complexity index is 1570. The van der Waals surface area contributed by atoms with Gasteiger partial charge in [-0.1, -0.05) is 133 Å². The molecule has 0 amide bonds. The van der Waals surface area contributed by atoms with Crippen LogP contribution in [0.5, 0.6) is 5.75 Å². The molecule has 4 aromatic carbocycles. The Balaban J connectivity index is 0.000000284. The molecule has 270 valence electrons. The molecule has 1 atom stereocenters. The summed E-state index contributed by atoms with van der Waals surface area (Å²) in [6.07, 6.45) is 6.52. The second-order valence-corrected chi connectivity index (χ2v) is 12.6. The van der Waals surface area contributed by atoms with Crippen LogP contribution in [0.2, 0.25) is 0 Å². The van der Waals surface area contributed by atoms with Gasteiger partial charge in [0.2, 0.25) is 0 Å². The lowest BCUT2D eigenvalue weighted by Crippen LogP contribution is -2.33. The van der Waals surface area contributed by atoms with E-state index in [2.05, 4.69) is 49.4 Å². The molecule has 0 aromatic heterocycles. The molecule has 4 aromatic rings. The highest BCUT2D eigenvalue weighted by Crippen LogP contribution is 2.29. The highest BCUT2D eigenvalue weighted by molar-refractivity contribution is 5.91. The van der Waals surface area contributed by atoms with E-state index in [0.717, 1.165) is 30.8 Å². The fraction of sp³-hybridized carbons (Fsp3) is 0.429. The topological polar surface area (TPSA) is 72.8 Å². The second kappa shape index (κ2) is 21.7. The van der Waals surface area contributed by atoms with Gasteiger partial charge in [0.05, 0.1) is 17.7 Å². The molecule has 0 aliphatic heterocycles. The van der Waals surface area contributed by atoms with Crippen LogP contribution in [0.25, 0.3) is 21.9 Å². The number of hydrogen-bond donors (Lipinski definition) is 1. The number of halogens is 3. The fourth-order valence-corrected chi connectivity index (χ4v) is 5.53. The van der Waals surface area contributed by atoms with Crippen LogP contribution in [-0.2, 0) is 4.74 Å². The first-order chi connectivity index (χ1) is 24.1. The summed E-state index contributed by atoms with van der Waals surface area (Å²) in [5.41, 5.74) is 1.59. The molecule has 1 N–H and O–H groups in total. The Morgan fingerprint density at radius 3 is 1.72 bits per heavy atom. The first-order valence-corrected chi connectivity index (χ1v) is 18.0. The molecule has 0 heterocycles. The number of hydrogen-bond acceptors (Lipinski definition) is 4. The minimum absolute atomic E-state index is 0.0266. The molecule has 0 saturated carbocycles. The van der Waals surface area contributed by atoms with Crippen LogP contribution >= 0.6 is 0 Å². The molecule has 4 rings (SSSR count). The number of aromatic carboxylic acids is 1. The van der Waals surface area contributed by atoms with E-state index in [4.69, 9.17) is 14.6 Å². The SMILES string of the molecule is CCCCCCC(OC(=O)c1ccc(-c2ccc(C(=O)O)cc2)cc1)C(F)(F)F.CCCCCCCCCCOc1ccc2ccccc2c1. The summed E-state index contributed by atoms with van der Waals surface area (Å²) in [7, 11) is 0. The summed E-state index contributed by atoms with van der Waals surface area (Å²) in [6.45, 7) is 5.07. The minimum atomic E-state index is -4.60. The van der Waals surface area contributed by atoms with E-state index in [9.17, 15) is 22.8 Å². The monoisotopic (exact) mass is 692 g/mol. The van der Waals surface area contributed by atoms with E-state index < -0.39 is 24.2 Å². The van der Waals surface area contributed by atoms with Gasteiger partial charge in [-0.15, -0.1) is 0 Å². The summed E-state index contributed by atoms with van der Waals surface area (Å²) in [5.74, 6) is -1.06. The van der Waals surface area contributed by atoms with Crippen molar-refractivity contribution in [3.05, 3.63) is 102 Å². The van der Waals surface area contributed by atoms with E-state index in [0.29, 0.717) is 18.4 Å². The quantitative estimate of drug-likeness (QED) is 0.0782. The van der Waals surface area contributed by atoms with Crippen molar-refractivity contribution < 1.29 is 37.3 Å². The van der Waals surface area contributed by atoms with Gasteiger partial charge in [0.25, 0.3) is 0 Å². The van der Waals surface area contributed by atoms with Crippen molar-refractivity contribution in [2.24, 2.45) is 0 Å². The molecule has 0 saturated heterocycles. The maximum atomic E-state index is 13.2. The number of benzene rings is 4. The molecule has 0 bridgehead atoms. The molecule has 50 heavy (non-hydrogen) atoms. The molecule has 5 nitrogen and oxygen atoms in total.